The lowest BCUT2D eigenvalue weighted by Crippen LogP contribution is -2.26. The Bertz CT molecular complexity index is 412. The number of hydrogen-bond acceptors (Lipinski definition) is 4. The molecule has 5 heteroatoms. The lowest BCUT2D eigenvalue weighted by atomic mass is 10.1. The van der Waals surface area contributed by atoms with E-state index in [0.717, 1.165) is 11.5 Å². The number of rotatable bonds is 2. The van der Waals surface area contributed by atoms with Gasteiger partial charge in [-0.05, 0) is 31.3 Å². The molecule has 0 unspecified atom stereocenters. The molecule has 0 atom stereocenters. The van der Waals surface area contributed by atoms with Crippen LogP contribution in [0.25, 0.3) is 0 Å². The Hall–Kier alpha value is -1.15. The Morgan fingerprint density at radius 1 is 1.50 bits per heavy atom. The van der Waals surface area contributed by atoms with E-state index in [0.29, 0.717) is 11.6 Å². The average Bonchev–Trinajstić information content (AvgIpc) is 2.55. The van der Waals surface area contributed by atoms with Crippen LogP contribution in [0.15, 0.2) is 0 Å². The predicted octanol–water partition coefficient (Wildman–Crippen LogP) is 1.91. The van der Waals surface area contributed by atoms with Gasteiger partial charge in [-0.2, -0.15) is 22.1 Å². The van der Waals surface area contributed by atoms with E-state index in [-0.39, 0.29) is 0 Å². The van der Waals surface area contributed by atoms with Crippen molar-refractivity contribution in [3.05, 3.63) is 11.3 Å². The van der Waals surface area contributed by atoms with Crippen LogP contribution in [0, 0.1) is 18.3 Å². The molecule has 0 radical (unpaired) electrons. The SMILES string of the molecule is Cc1nn(C)c(NC2CCSCC2)c1C#N. The highest BCUT2D eigenvalue weighted by molar-refractivity contribution is 7.99. The highest BCUT2D eigenvalue weighted by Crippen LogP contribution is 2.23. The number of aryl methyl sites for hydroxylation is 2. The van der Waals surface area contributed by atoms with Gasteiger partial charge in [0.1, 0.15) is 17.5 Å². The lowest BCUT2D eigenvalue weighted by molar-refractivity contribution is 0.649. The van der Waals surface area contributed by atoms with Gasteiger partial charge >= 0.3 is 0 Å². The smallest absolute Gasteiger partial charge is 0.142 e. The Balaban J connectivity index is 2.17. The van der Waals surface area contributed by atoms with Gasteiger partial charge < -0.3 is 5.32 Å². The zero-order chi connectivity index (χ0) is 11.5. The first-order chi connectivity index (χ1) is 7.72. The minimum absolute atomic E-state index is 0.489. The molecule has 2 rings (SSSR count). The number of hydrogen-bond donors (Lipinski definition) is 1. The summed E-state index contributed by atoms with van der Waals surface area (Å²) in [6, 6.07) is 2.71. The van der Waals surface area contributed by atoms with Crippen molar-refractivity contribution < 1.29 is 0 Å². The molecule has 86 valence electrons. The summed E-state index contributed by atoms with van der Waals surface area (Å²) in [5, 5.41) is 16.8. The van der Waals surface area contributed by atoms with Gasteiger partial charge in [-0.3, -0.25) is 4.68 Å². The molecule has 16 heavy (non-hydrogen) atoms. The van der Waals surface area contributed by atoms with Gasteiger partial charge in [0, 0.05) is 13.1 Å². The van der Waals surface area contributed by atoms with Crippen molar-refractivity contribution in [3.63, 3.8) is 0 Å². The molecule has 1 aromatic rings. The van der Waals surface area contributed by atoms with Crippen LogP contribution in [0.3, 0.4) is 0 Å². The van der Waals surface area contributed by atoms with Gasteiger partial charge in [0.25, 0.3) is 0 Å². The van der Waals surface area contributed by atoms with Crippen LogP contribution < -0.4 is 5.32 Å². The molecular weight excluding hydrogens is 220 g/mol. The molecule has 0 bridgehead atoms. The zero-order valence-corrected chi connectivity index (χ0v) is 10.5. The minimum Gasteiger partial charge on any atom is -0.366 e. The predicted molar refractivity (Wildman–Crippen MR) is 66.6 cm³/mol. The fourth-order valence-electron chi connectivity index (χ4n) is 1.99. The van der Waals surface area contributed by atoms with Crippen LogP contribution in [-0.2, 0) is 7.05 Å². The van der Waals surface area contributed by atoms with Crippen molar-refractivity contribution in [2.75, 3.05) is 16.8 Å². The Morgan fingerprint density at radius 2 is 2.19 bits per heavy atom. The summed E-state index contributed by atoms with van der Waals surface area (Å²) >= 11 is 2.00. The fraction of sp³-hybridized carbons (Fsp3) is 0.636. The number of nitriles is 1. The largest absolute Gasteiger partial charge is 0.366 e. The molecular formula is C11H16N4S. The molecule has 1 aliphatic rings. The topological polar surface area (TPSA) is 53.6 Å². The average molecular weight is 236 g/mol. The third-order valence-corrected chi connectivity index (χ3v) is 3.94. The van der Waals surface area contributed by atoms with E-state index in [1.807, 2.05) is 25.7 Å². The maximum atomic E-state index is 9.09. The van der Waals surface area contributed by atoms with E-state index in [2.05, 4.69) is 16.5 Å². The molecule has 4 nitrogen and oxygen atoms in total. The molecule has 1 fully saturated rings. The van der Waals surface area contributed by atoms with Gasteiger partial charge in [-0.25, -0.2) is 0 Å². The van der Waals surface area contributed by atoms with Gasteiger partial charge in [0.05, 0.1) is 5.69 Å². The monoisotopic (exact) mass is 236 g/mol. The van der Waals surface area contributed by atoms with E-state index >= 15 is 0 Å². The van der Waals surface area contributed by atoms with Gasteiger partial charge in [-0.1, -0.05) is 0 Å². The van der Waals surface area contributed by atoms with Crippen molar-refractivity contribution in [2.45, 2.75) is 25.8 Å². The first-order valence-electron chi connectivity index (χ1n) is 5.50. The van der Waals surface area contributed by atoms with Crippen molar-refractivity contribution in [3.8, 4) is 6.07 Å². The normalized spacial score (nSPS) is 17.1. The first kappa shape index (κ1) is 11.3. The summed E-state index contributed by atoms with van der Waals surface area (Å²) in [6.45, 7) is 1.88. The molecule has 1 saturated heterocycles. The second-order valence-corrected chi connectivity index (χ2v) is 5.30. The molecule has 0 amide bonds. The number of nitrogens with zero attached hydrogens (tertiary/aromatic N) is 3. The fourth-order valence-corrected chi connectivity index (χ4v) is 3.10. The maximum absolute atomic E-state index is 9.09. The summed E-state index contributed by atoms with van der Waals surface area (Å²) in [5.74, 6) is 3.28. The molecule has 1 aliphatic heterocycles. The second-order valence-electron chi connectivity index (χ2n) is 4.08. The van der Waals surface area contributed by atoms with E-state index < -0.39 is 0 Å². The second kappa shape index (κ2) is 4.79. The third-order valence-electron chi connectivity index (χ3n) is 2.90. The summed E-state index contributed by atoms with van der Waals surface area (Å²) < 4.78 is 1.77. The Labute approximate surface area is 100 Å². The van der Waals surface area contributed by atoms with Crippen molar-refractivity contribution >= 4 is 17.6 Å². The van der Waals surface area contributed by atoms with Crippen LogP contribution >= 0.6 is 11.8 Å². The summed E-state index contributed by atoms with van der Waals surface area (Å²) in [4.78, 5) is 0. The van der Waals surface area contributed by atoms with Crippen molar-refractivity contribution in [2.24, 2.45) is 7.05 Å². The highest BCUT2D eigenvalue weighted by Gasteiger charge is 2.18. The number of thioether (sulfide) groups is 1. The minimum atomic E-state index is 0.489. The number of aromatic nitrogens is 2. The van der Waals surface area contributed by atoms with Gasteiger partial charge in [0.15, 0.2) is 0 Å². The van der Waals surface area contributed by atoms with Crippen LogP contribution in [0.1, 0.15) is 24.1 Å². The molecule has 0 aliphatic carbocycles. The molecule has 2 heterocycles. The van der Waals surface area contributed by atoms with Crippen molar-refractivity contribution in [1.29, 1.82) is 5.26 Å². The summed E-state index contributed by atoms with van der Waals surface area (Å²) in [5.41, 5.74) is 1.48. The maximum Gasteiger partial charge on any atom is 0.142 e. The van der Waals surface area contributed by atoms with E-state index in [4.69, 9.17) is 5.26 Å². The number of anilines is 1. The Morgan fingerprint density at radius 3 is 2.81 bits per heavy atom. The quantitative estimate of drug-likeness (QED) is 0.852. The molecule has 1 N–H and O–H groups in total. The van der Waals surface area contributed by atoms with E-state index in [1.54, 1.807) is 4.68 Å². The van der Waals surface area contributed by atoms with Crippen LogP contribution in [0.5, 0.6) is 0 Å². The van der Waals surface area contributed by atoms with Gasteiger partial charge in [-0.15, -0.1) is 0 Å². The molecule has 0 aromatic carbocycles. The highest BCUT2D eigenvalue weighted by atomic mass is 32.2. The summed E-state index contributed by atoms with van der Waals surface area (Å²) in [6.07, 6.45) is 2.33. The lowest BCUT2D eigenvalue weighted by Gasteiger charge is -2.23. The van der Waals surface area contributed by atoms with E-state index in [9.17, 15) is 0 Å². The van der Waals surface area contributed by atoms with E-state index in [1.165, 1.54) is 24.3 Å². The standard InChI is InChI=1S/C11H16N4S/c1-8-10(7-12)11(15(2)14-8)13-9-3-5-16-6-4-9/h9,13H,3-6H2,1-2H3. The molecule has 0 spiro atoms. The van der Waals surface area contributed by atoms with Crippen LogP contribution in [-0.4, -0.2) is 27.3 Å². The third kappa shape index (κ3) is 2.17. The molecule has 1 aromatic heterocycles. The molecule has 0 saturated carbocycles. The number of nitrogens with one attached hydrogen (secondary N) is 1. The van der Waals surface area contributed by atoms with Gasteiger partial charge in [0.2, 0.25) is 0 Å². The van der Waals surface area contributed by atoms with Crippen LogP contribution in [0.4, 0.5) is 5.82 Å². The first-order valence-corrected chi connectivity index (χ1v) is 6.66. The Kier molecular flexibility index (Phi) is 3.39. The van der Waals surface area contributed by atoms with Crippen LogP contribution in [0.2, 0.25) is 0 Å². The summed E-state index contributed by atoms with van der Waals surface area (Å²) in [7, 11) is 1.88. The zero-order valence-electron chi connectivity index (χ0n) is 9.66. The van der Waals surface area contributed by atoms with Crippen molar-refractivity contribution in [1.82, 2.24) is 9.78 Å².